The summed E-state index contributed by atoms with van der Waals surface area (Å²) in [4.78, 5) is 25.5. The van der Waals surface area contributed by atoms with Crippen molar-refractivity contribution in [1.29, 1.82) is 0 Å². The van der Waals surface area contributed by atoms with E-state index in [4.69, 9.17) is 0 Å². The first-order valence-corrected chi connectivity index (χ1v) is 8.04. The Labute approximate surface area is 123 Å². The Kier molecular flexibility index (Phi) is 7.63. The molecule has 1 N–H and O–H groups in total. The van der Waals surface area contributed by atoms with Crippen molar-refractivity contribution >= 4 is 11.8 Å². The van der Waals surface area contributed by atoms with Gasteiger partial charge in [0.05, 0.1) is 0 Å². The summed E-state index contributed by atoms with van der Waals surface area (Å²) in [5, 5.41) is 2.91. The van der Waals surface area contributed by atoms with E-state index in [-0.39, 0.29) is 11.8 Å². The number of carbonyl (C=O) groups excluding carboxylic acids is 2. The molecule has 0 atom stereocenters. The Morgan fingerprint density at radius 1 is 1.15 bits per heavy atom. The van der Waals surface area contributed by atoms with Crippen molar-refractivity contribution < 1.29 is 9.59 Å². The third kappa shape index (κ3) is 6.40. The Morgan fingerprint density at radius 3 is 2.25 bits per heavy atom. The molecule has 1 fully saturated rings. The smallest absolute Gasteiger partial charge is 0.221 e. The van der Waals surface area contributed by atoms with Crippen molar-refractivity contribution in [3.63, 3.8) is 0 Å². The van der Waals surface area contributed by atoms with E-state index in [9.17, 15) is 9.59 Å². The van der Waals surface area contributed by atoms with Gasteiger partial charge in [0.25, 0.3) is 0 Å². The predicted molar refractivity (Wildman–Crippen MR) is 81.3 cm³/mol. The van der Waals surface area contributed by atoms with Gasteiger partial charge in [0, 0.05) is 32.5 Å². The molecule has 4 nitrogen and oxygen atoms in total. The van der Waals surface area contributed by atoms with Crippen LogP contribution in [-0.2, 0) is 9.59 Å². The van der Waals surface area contributed by atoms with Gasteiger partial charge in [-0.25, -0.2) is 0 Å². The third-order valence-corrected chi connectivity index (χ3v) is 3.96. The van der Waals surface area contributed by atoms with E-state index in [0.717, 1.165) is 12.8 Å². The molecule has 0 radical (unpaired) electrons. The largest absolute Gasteiger partial charge is 0.356 e. The lowest BCUT2D eigenvalue weighted by molar-refractivity contribution is -0.132. The maximum Gasteiger partial charge on any atom is 0.221 e. The minimum absolute atomic E-state index is 0.0542. The summed E-state index contributed by atoms with van der Waals surface area (Å²) in [6, 6.07) is 0.341. The standard InChI is InChI=1S/C16H30N2O2/c1-13(2)12-17-16(20)10-11-18(14(3)19)15-8-6-4-5-7-9-15/h13,15H,4-12H2,1-3H3,(H,17,20). The summed E-state index contributed by atoms with van der Waals surface area (Å²) in [6.07, 6.45) is 7.55. The average molecular weight is 282 g/mol. The number of hydrogen-bond acceptors (Lipinski definition) is 2. The maximum absolute atomic E-state index is 11.8. The molecule has 1 aliphatic rings. The van der Waals surface area contributed by atoms with Gasteiger partial charge < -0.3 is 10.2 Å². The second-order valence-corrected chi connectivity index (χ2v) is 6.31. The molecule has 0 bridgehead atoms. The van der Waals surface area contributed by atoms with Crippen molar-refractivity contribution in [2.24, 2.45) is 5.92 Å². The van der Waals surface area contributed by atoms with Gasteiger partial charge in [0.15, 0.2) is 0 Å². The summed E-state index contributed by atoms with van der Waals surface area (Å²) >= 11 is 0. The SMILES string of the molecule is CC(=O)N(CCC(=O)NCC(C)C)C1CCCCCC1. The van der Waals surface area contributed by atoms with Crippen LogP contribution in [-0.4, -0.2) is 35.8 Å². The summed E-state index contributed by atoms with van der Waals surface area (Å²) in [5.74, 6) is 0.622. The zero-order chi connectivity index (χ0) is 15.0. The molecule has 0 saturated heterocycles. The first kappa shape index (κ1) is 17.0. The number of nitrogens with one attached hydrogen (secondary N) is 1. The quantitative estimate of drug-likeness (QED) is 0.762. The Bertz CT molecular complexity index is 308. The monoisotopic (exact) mass is 282 g/mol. The van der Waals surface area contributed by atoms with Crippen molar-refractivity contribution in [3.8, 4) is 0 Å². The fourth-order valence-corrected chi connectivity index (χ4v) is 2.79. The van der Waals surface area contributed by atoms with Crippen LogP contribution in [0, 0.1) is 5.92 Å². The molecular formula is C16H30N2O2. The molecule has 0 aliphatic heterocycles. The van der Waals surface area contributed by atoms with E-state index < -0.39 is 0 Å². The van der Waals surface area contributed by atoms with Gasteiger partial charge in [-0.2, -0.15) is 0 Å². The van der Waals surface area contributed by atoms with Gasteiger partial charge in [0.2, 0.25) is 11.8 Å². The Balaban J connectivity index is 2.42. The molecule has 0 aromatic heterocycles. The second kappa shape index (κ2) is 8.98. The normalized spacial score (nSPS) is 16.8. The Morgan fingerprint density at radius 2 is 1.75 bits per heavy atom. The van der Waals surface area contributed by atoms with Crippen molar-refractivity contribution in [1.82, 2.24) is 10.2 Å². The minimum atomic E-state index is 0.0542. The fraction of sp³-hybridized carbons (Fsp3) is 0.875. The van der Waals surface area contributed by atoms with E-state index in [2.05, 4.69) is 19.2 Å². The molecule has 116 valence electrons. The van der Waals surface area contributed by atoms with Crippen molar-refractivity contribution in [3.05, 3.63) is 0 Å². The van der Waals surface area contributed by atoms with Gasteiger partial charge in [0.1, 0.15) is 0 Å². The molecule has 0 spiro atoms. The van der Waals surface area contributed by atoms with Crippen molar-refractivity contribution in [2.75, 3.05) is 13.1 Å². The highest BCUT2D eigenvalue weighted by molar-refractivity contribution is 5.78. The minimum Gasteiger partial charge on any atom is -0.356 e. The van der Waals surface area contributed by atoms with E-state index in [1.807, 2.05) is 4.90 Å². The molecule has 2 amide bonds. The highest BCUT2D eigenvalue weighted by Gasteiger charge is 2.22. The molecule has 0 heterocycles. The molecule has 4 heteroatoms. The summed E-state index contributed by atoms with van der Waals surface area (Å²) in [5.41, 5.74) is 0. The summed E-state index contributed by atoms with van der Waals surface area (Å²) in [6.45, 7) is 7.05. The van der Waals surface area contributed by atoms with Gasteiger partial charge in [-0.15, -0.1) is 0 Å². The second-order valence-electron chi connectivity index (χ2n) is 6.31. The van der Waals surface area contributed by atoms with Crippen LogP contribution in [0.5, 0.6) is 0 Å². The van der Waals surface area contributed by atoms with Crippen LogP contribution in [0.3, 0.4) is 0 Å². The van der Waals surface area contributed by atoms with Crippen molar-refractivity contribution in [2.45, 2.75) is 71.8 Å². The first-order chi connectivity index (χ1) is 9.50. The molecule has 0 aromatic carbocycles. The lowest BCUT2D eigenvalue weighted by Gasteiger charge is -2.30. The van der Waals surface area contributed by atoms with Crippen LogP contribution < -0.4 is 5.32 Å². The highest BCUT2D eigenvalue weighted by Crippen LogP contribution is 2.22. The van der Waals surface area contributed by atoms with E-state index >= 15 is 0 Å². The lowest BCUT2D eigenvalue weighted by atomic mass is 10.1. The molecule has 0 unspecified atom stereocenters. The zero-order valence-corrected chi connectivity index (χ0v) is 13.3. The maximum atomic E-state index is 11.8. The molecule has 1 saturated carbocycles. The van der Waals surface area contributed by atoms with Gasteiger partial charge in [-0.1, -0.05) is 39.5 Å². The van der Waals surface area contributed by atoms with Crippen LogP contribution in [0.1, 0.15) is 65.7 Å². The van der Waals surface area contributed by atoms with Crippen LogP contribution in [0.15, 0.2) is 0 Å². The van der Waals surface area contributed by atoms with Crippen LogP contribution in [0.4, 0.5) is 0 Å². The van der Waals surface area contributed by atoms with E-state index in [1.54, 1.807) is 6.92 Å². The summed E-state index contributed by atoms with van der Waals surface area (Å²) in [7, 11) is 0. The third-order valence-electron chi connectivity index (χ3n) is 3.96. The molecule has 0 aromatic rings. The fourth-order valence-electron chi connectivity index (χ4n) is 2.79. The number of rotatable bonds is 6. The zero-order valence-electron chi connectivity index (χ0n) is 13.3. The molecular weight excluding hydrogens is 252 g/mol. The van der Waals surface area contributed by atoms with Crippen LogP contribution in [0.2, 0.25) is 0 Å². The number of nitrogens with zero attached hydrogens (tertiary/aromatic N) is 1. The van der Waals surface area contributed by atoms with Gasteiger partial charge in [-0.3, -0.25) is 9.59 Å². The first-order valence-electron chi connectivity index (χ1n) is 8.04. The predicted octanol–water partition coefficient (Wildman–Crippen LogP) is 2.72. The molecule has 20 heavy (non-hydrogen) atoms. The van der Waals surface area contributed by atoms with Crippen LogP contribution >= 0.6 is 0 Å². The highest BCUT2D eigenvalue weighted by atomic mass is 16.2. The molecule has 1 aliphatic carbocycles. The molecule has 1 rings (SSSR count). The number of amides is 2. The topological polar surface area (TPSA) is 49.4 Å². The van der Waals surface area contributed by atoms with E-state index in [0.29, 0.717) is 31.5 Å². The number of hydrogen-bond donors (Lipinski definition) is 1. The van der Waals surface area contributed by atoms with Gasteiger partial charge >= 0.3 is 0 Å². The number of carbonyl (C=O) groups is 2. The average Bonchev–Trinajstić information content (AvgIpc) is 2.65. The summed E-state index contributed by atoms with van der Waals surface area (Å²) < 4.78 is 0. The Hall–Kier alpha value is -1.06. The van der Waals surface area contributed by atoms with Crippen LogP contribution in [0.25, 0.3) is 0 Å². The van der Waals surface area contributed by atoms with Gasteiger partial charge in [-0.05, 0) is 18.8 Å². The lowest BCUT2D eigenvalue weighted by Crippen LogP contribution is -2.41. The van der Waals surface area contributed by atoms with E-state index in [1.165, 1.54) is 25.7 Å².